The highest BCUT2D eigenvalue weighted by molar-refractivity contribution is 9.10. The molecule has 84 valence electrons. The van der Waals surface area contributed by atoms with Crippen molar-refractivity contribution in [3.05, 3.63) is 28.2 Å². The average Bonchev–Trinajstić information content (AvgIpc) is 2.62. The zero-order valence-corrected chi connectivity index (χ0v) is 9.97. The maximum Gasteiger partial charge on any atom is 0.374 e. The first-order chi connectivity index (χ1) is 7.61. The van der Waals surface area contributed by atoms with Crippen molar-refractivity contribution in [2.75, 3.05) is 6.61 Å². The number of carbonyl (C=O) groups excluding carboxylic acids is 1. The first kappa shape index (κ1) is 11.1. The number of carbonyl (C=O) groups is 1. The lowest BCUT2D eigenvalue weighted by Gasteiger charge is -1.95. The molecule has 4 nitrogen and oxygen atoms in total. The Morgan fingerprint density at radius 3 is 3.06 bits per heavy atom. The summed E-state index contributed by atoms with van der Waals surface area (Å²) in [7, 11) is 0. The van der Waals surface area contributed by atoms with Gasteiger partial charge in [-0.15, -0.1) is 0 Å². The third kappa shape index (κ3) is 1.92. The maximum absolute atomic E-state index is 13.4. The van der Waals surface area contributed by atoms with E-state index in [0.717, 1.165) is 0 Å². The van der Waals surface area contributed by atoms with Crippen molar-refractivity contribution in [3.63, 3.8) is 0 Å². The van der Waals surface area contributed by atoms with Gasteiger partial charge >= 0.3 is 5.97 Å². The fraction of sp³-hybridized carbons (Fsp3) is 0.200. The second-order valence-electron chi connectivity index (χ2n) is 3.09. The van der Waals surface area contributed by atoms with Gasteiger partial charge in [-0.05, 0) is 19.1 Å². The minimum Gasteiger partial charge on any atom is -0.460 e. The summed E-state index contributed by atoms with van der Waals surface area (Å²) in [5, 5.41) is 0. The molecule has 1 aromatic carbocycles. The Kier molecular flexibility index (Phi) is 2.91. The van der Waals surface area contributed by atoms with Crippen LogP contribution in [0.4, 0.5) is 4.39 Å². The molecule has 0 aliphatic rings. The number of aromatic amines is 1. The minimum atomic E-state index is -0.589. The highest BCUT2D eigenvalue weighted by Crippen LogP contribution is 2.21. The topological polar surface area (TPSA) is 55.0 Å². The van der Waals surface area contributed by atoms with Crippen molar-refractivity contribution in [1.82, 2.24) is 9.97 Å². The smallest absolute Gasteiger partial charge is 0.374 e. The van der Waals surface area contributed by atoms with E-state index in [1.54, 1.807) is 13.0 Å². The van der Waals surface area contributed by atoms with Crippen LogP contribution in [0.2, 0.25) is 0 Å². The van der Waals surface area contributed by atoms with Crippen molar-refractivity contribution in [1.29, 1.82) is 0 Å². The number of nitrogens with one attached hydrogen (secondary N) is 1. The molecule has 6 heteroatoms. The van der Waals surface area contributed by atoms with Crippen LogP contribution in [-0.2, 0) is 4.74 Å². The van der Waals surface area contributed by atoms with Gasteiger partial charge in [-0.25, -0.2) is 14.2 Å². The number of halogens is 2. The summed E-state index contributed by atoms with van der Waals surface area (Å²) in [6.45, 7) is 1.94. The summed E-state index contributed by atoms with van der Waals surface area (Å²) in [5.41, 5.74) is 0.584. The lowest BCUT2D eigenvalue weighted by Crippen LogP contribution is -2.06. The van der Waals surface area contributed by atoms with Crippen LogP contribution in [-0.4, -0.2) is 22.5 Å². The van der Waals surface area contributed by atoms with Crippen LogP contribution in [0.25, 0.3) is 11.0 Å². The standard InChI is InChI=1S/C10H8BrFN2O2/c1-2-16-10(15)9-13-7-4-5(11)3-6(12)8(7)14-9/h3-4H,2H2,1H3,(H,13,14). The third-order valence-electron chi connectivity index (χ3n) is 1.97. The van der Waals surface area contributed by atoms with Crippen molar-refractivity contribution in [2.45, 2.75) is 6.92 Å². The molecular weight excluding hydrogens is 279 g/mol. The molecule has 0 aliphatic carbocycles. The summed E-state index contributed by atoms with van der Waals surface area (Å²) in [4.78, 5) is 17.9. The number of imidazole rings is 1. The number of nitrogens with zero attached hydrogens (tertiary/aromatic N) is 1. The van der Waals surface area contributed by atoms with Gasteiger partial charge in [0.25, 0.3) is 0 Å². The Labute approximate surface area is 98.9 Å². The molecule has 0 atom stereocenters. The summed E-state index contributed by atoms with van der Waals surface area (Å²) >= 11 is 3.16. The maximum atomic E-state index is 13.4. The molecule has 1 heterocycles. The molecule has 0 saturated carbocycles. The predicted molar refractivity (Wildman–Crippen MR) is 59.7 cm³/mol. The number of esters is 1. The zero-order valence-electron chi connectivity index (χ0n) is 8.38. The van der Waals surface area contributed by atoms with E-state index in [9.17, 15) is 9.18 Å². The summed E-state index contributed by atoms with van der Waals surface area (Å²) < 4.78 is 18.8. The number of H-pyrrole nitrogens is 1. The van der Waals surface area contributed by atoms with Gasteiger partial charge in [-0.3, -0.25) is 0 Å². The Bertz CT molecular complexity index is 553. The van der Waals surface area contributed by atoms with E-state index in [1.807, 2.05) is 0 Å². The van der Waals surface area contributed by atoms with Crippen molar-refractivity contribution >= 4 is 32.9 Å². The molecule has 0 fully saturated rings. The van der Waals surface area contributed by atoms with E-state index in [-0.39, 0.29) is 17.9 Å². The summed E-state index contributed by atoms with van der Waals surface area (Å²) in [6, 6.07) is 2.94. The van der Waals surface area contributed by atoms with Gasteiger partial charge in [0.2, 0.25) is 5.82 Å². The van der Waals surface area contributed by atoms with Gasteiger partial charge < -0.3 is 9.72 Å². The van der Waals surface area contributed by atoms with Gasteiger partial charge in [0.1, 0.15) is 5.52 Å². The van der Waals surface area contributed by atoms with Gasteiger partial charge in [0.15, 0.2) is 5.82 Å². The van der Waals surface area contributed by atoms with Gasteiger partial charge in [0.05, 0.1) is 12.1 Å². The lowest BCUT2D eigenvalue weighted by molar-refractivity contribution is 0.0514. The number of benzene rings is 1. The van der Waals surface area contributed by atoms with E-state index in [1.165, 1.54) is 6.07 Å². The Hall–Kier alpha value is -1.43. The van der Waals surface area contributed by atoms with Crippen LogP contribution in [0, 0.1) is 5.82 Å². The minimum absolute atomic E-state index is 0.00819. The number of hydrogen-bond donors (Lipinski definition) is 1. The molecule has 0 saturated heterocycles. The fourth-order valence-corrected chi connectivity index (χ4v) is 1.77. The quantitative estimate of drug-likeness (QED) is 0.864. The second-order valence-corrected chi connectivity index (χ2v) is 4.01. The Balaban J connectivity index is 2.51. The Morgan fingerprint density at radius 2 is 2.38 bits per heavy atom. The number of ether oxygens (including phenoxy) is 1. The molecule has 0 amide bonds. The number of rotatable bonds is 2. The third-order valence-corrected chi connectivity index (χ3v) is 2.43. The molecule has 0 unspecified atom stereocenters. The SMILES string of the molecule is CCOC(=O)c1nc2c(F)cc(Br)cc2[nH]1. The normalized spacial score (nSPS) is 10.7. The molecule has 1 N–H and O–H groups in total. The number of fused-ring (bicyclic) bond motifs is 1. The lowest BCUT2D eigenvalue weighted by atomic mass is 10.3. The molecular formula is C10H8BrFN2O2. The van der Waals surface area contributed by atoms with Crippen molar-refractivity contribution < 1.29 is 13.9 Å². The number of hydrogen-bond acceptors (Lipinski definition) is 3. The van der Waals surface area contributed by atoms with E-state index in [0.29, 0.717) is 9.99 Å². The summed E-state index contributed by atoms with van der Waals surface area (Å²) in [6.07, 6.45) is 0. The summed E-state index contributed by atoms with van der Waals surface area (Å²) in [5.74, 6) is -1.07. The molecule has 1 aromatic heterocycles. The first-order valence-electron chi connectivity index (χ1n) is 4.63. The molecule has 0 bridgehead atoms. The van der Waals surface area contributed by atoms with E-state index >= 15 is 0 Å². The van der Waals surface area contributed by atoms with Gasteiger partial charge in [0, 0.05) is 4.47 Å². The molecule has 2 rings (SSSR count). The first-order valence-corrected chi connectivity index (χ1v) is 5.43. The van der Waals surface area contributed by atoms with Crippen molar-refractivity contribution in [3.8, 4) is 0 Å². The number of aromatic nitrogens is 2. The van der Waals surface area contributed by atoms with Crippen LogP contribution >= 0.6 is 15.9 Å². The highest BCUT2D eigenvalue weighted by atomic mass is 79.9. The molecule has 2 aromatic rings. The fourth-order valence-electron chi connectivity index (χ4n) is 1.34. The van der Waals surface area contributed by atoms with Crippen LogP contribution in [0.15, 0.2) is 16.6 Å². The zero-order chi connectivity index (χ0) is 11.7. The Morgan fingerprint density at radius 1 is 1.62 bits per heavy atom. The van der Waals surface area contributed by atoms with Gasteiger partial charge in [-0.1, -0.05) is 15.9 Å². The van der Waals surface area contributed by atoms with E-state index in [2.05, 4.69) is 25.9 Å². The van der Waals surface area contributed by atoms with Crippen molar-refractivity contribution in [2.24, 2.45) is 0 Å². The van der Waals surface area contributed by atoms with E-state index in [4.69, 9.17) is 4.74 Å². The monoisotopic (exact) mass is 286 g/mol. The highest BCUT2D eigenvalue weighted by Gasteiger charge is 2.14. The molecule has 16 heavy (non-hydrogen) atoms. The van der Waals surface area contributed by atoms with Crippen LogP contribution in [0.5, 0.6) is 0 Å². The molecule has 0 spiro atoms. The average molecular weight is 287 g/mol. The largest absolute Gasteiger partial charge is 0.460 e. The predicted octanol–water partition coefficient (Wildman–Crippen LogP) is 2.64. The molecule has 0 radical (unpaired) electrons. The van der Waals surface area contributed by atoms with Crippen LogP contribution in [0.3, 0.4) is 0 Å². The van der Waals surface area contributed by atoms with Gasteiger partial charge in [-0.2, -0.15) is 0 Å². The van der Waals surface area contributed by atoms with Crippen LogP contribution in [0.1, 0.15) is 17.5 Å². The second kappa shape index (κ2) is 4.21. The van der Waals surface area contributed by atoms with Crippen LogP contribution < -0.4 is 0 Å². The van der Waals surface area contributed by atoms with E-state index < -0.39 is 11.8 Å². The molecule has 0 aliphatic heterocycles.